The Morgan fingerprint density at radius 2 is 2.12 bits per heavy atom. The molecule has 0 spiro atoms. The molecule has 1 aliphatic heterocycles. The Kier molecular flexibility index (Phi) is 3.20. The molecule has 2 N–H and O–H groups in total. The number of amides is 1. The van der Waals surface area contributed by atoms with Crippen molar-refractivity contribution in [3.05, 3.63) is 29.3 Å². The summed E-state index contributed by atoms with van der Waals surface area (Å²) in [5.74, 6) is 0.126. The minimum absolute atomic E-state index is 0.103. The second-order valence-corrected chi connectivity index (χ2v) is 5.35. The number of nitrogens with one attached hydrogen (secondary N) is 2. The van der Waals surface area contributed by atoms with Gasteiger partial charge >= 0.3 is 0 Å². The normalized spacial score (nSPS) is 15.4. The van der Waals surface area contributed by atoms with Gasteiger partial charge in [-0.2, -0.15) is 0 Å². The molecular formula is C14H20N2O. The highest BCUT2D eigenvalue weighted by atomic mass is 16.1. The van der Waals surface area contributed by atoms with E-state index in [1.165, 1.54) is 11.1 Å². The largest absolute Gasteiger partial charge is 0.326 e. The standard InChI is InChI=1S/C14H20N2O/c1-14(2,15-3)9-10-4-6-12-11(8-10)5-7-13(17)16-12/h4,6,8,15H,5,7,9H2,1-3H3,(H,16,17). The average Bonchev–Trinajstić information content (AvgIpc) is 2.29. The summed E-state index contributed by atoms with van der Waals surface area (Å²) in [6.07, 6.45) is 2.45. The third-order valence-corrected chi connectivity index (χ3v) is 3.39. The quantitative estimate of drug-likeness (QED) is 0.838. The fourth-order valence-electron chi connectivity index (χ4n) is 2.15. The summed E-state index contributed by atoms with van der Waals surface area (Å²) in [4.78, 5) is 11.3. The molecule has 1 aromatic carbocycles. The van der Waals surface area contributed by atoms with E-state index in [4.69, 9.17) is 0 Å². The van der Waals surface area contributed by atoms with Crippen LogP contribution in [-0.2, 0) is 17.6 Å². The van der Waals surface area contributed by atoms with E-state index in [0.717, 1.165) is 18.5 Å². The molecule has 0 saturated heterocycles. The van der Waals surface area contributed by atoms with Gasteiger partial charge in [-0.1, -0.05) is 12.1 Å². The third-order valence-electron chi connectivity index (χ3n) is 3.39. The van der Waals surface area contributed by atoms with Crippen LogP contribution in [0.3, 0.4) is 0 Å². The predicted octanol–water partition coefficient (Wildman–Crippen LogP) is 2.11. The third kappa shape index (κ3) is 2.86. The number of likely N-dealkylation sites (N-methyl/N-ethyl adjacent to an activating group) is 1. The number of hydrogen-bond acceptors (Lipinski definition) is 2. The van der Waals surface area contributed by atoms with Crippen molar-refractivity contribution in [2.24, 2.45) is 0 Å². The van der Waals surface area contributed by atoms with Gasteiger partial charge in [0.25, 0.3) is 0 Å². The molecule has 0 fully saturated rings. The molecule has 0 bridgehead atoms. The lowest BCUT2D eigenvalue weighted by molar-refractivity contribution is -0.116. The van der Waals surface area contributed by atoms with Gasteiger partial charge in [0.05, 0.1) is 0 Å². The number of carbonyl (C=O) groups is 1. The second kappa shape index (κ2) is 4.49. The van der Waals surface area contributed by atoms with Crippen LogP contribution >= 0.6 is 0 Å². The van der Waals surface area contributed by atoms with Crippen LogP contribution < -0.4 is 10.6 Å². The van der Waals surface area contributed by atoms with Crippen molar-refractivity contribution >= 4 is 11.6 Å². The molecule has 2 rings (SSSR count). The van der Waals surface area contributed by atoms with E-state index in [0.29, 0.717) is 6.42 Å². The molecule has 3 nitrogen and oxygen atoms in total. The van der Waals surface area contributed by atoms with Crippen LogP contribution in [0, 0.1) is 0 Å². The Morgan fingerprint density at radius 3 is 2.82 bits per heavy atom. The molecule has 0 aromatic heterocycles. The summed E-state index contributed by atoms with van der Waals surface area (Å²) in [6, 6.07) is 6.34. The number of aryl methyl sites for hydroxylation is 1. The van der Waals surface area contributed by atoms with Crippen LogP contribution in [0.2, 0.25) is 0 Å². The zero-order chi connectivity index (χ0) is 12.5. The molecule has 92 valence electrons. The van der Waals surface area contributed by atoms with Crippen LogP contribution in [0.4, 0.5) is 5.69 Å². The van der Waals surface area contributed by atoms with Crippen LogP contribution in [0.5, 0.6) is 0 Å². The van der Waals surface area contributed by atoms with E-state index in [1.807, 2.05) is 13.1 Å². The summed E-state index contributed by atoms with van der Waals surface area (Å²) in [5.41, 5.74) is 3.66. The number of benzene rings is 1. The van der Waals surface area contributed by atoms with Gasteiger partial charge in [-0.15, -0.1) is 0 Å². The Bertz CT molecular complexity index is 438. The maximum absolute atomic E-state index is 11.3. The lowest BCUT2D eigenvalue weighted by Gasteiger charge is -2.25. The average molecular weight is 232 g/mol. The Morgan fingerprint density at radius 1 is 1.35 bits per heavy atom. The molecule has 0 saturated carbocycles. The number of hydrogen-bond donors (Lipinski definition) is 2. The summed E-state index contributed by atoms with van der Waals surface area (Å²) >= 11 is 0. The zero-order valence-corrected chi connectivity index (χ0v) is 10.8. The minimum Gasteiger partial charge on any atom is -0.326 e. The summed E-state index contributed by atoms with van der Waals surface area (Å²) in [7, 11) is 1.98. The van der Waals surface area contributed by atoms with Gasteiger partial charge in [0, 0.05) is 17.6 Å². The number of fused-ring (bicyclic) bond motifs is 1. The highest BCUT2D eigenvalue weighted by Crippen LogP contribution is 2.25. The first-order valence-corrected chi connectivity index (χ1v) is 6.11. The monoisotopic (exact) mass is 232 g/mol. The van der Waals surface area contributed by atoms with Crippen LogP contribution in [-0.4, -0.2) is 18.5 Å². The molecule has 0 aliphatic carbocycles. The zero-order valence-electron chi connectivity index (χ0n) is 10.8. The van der Waals surface area contributed by atoms with Gasteiger partial charge < -0.3 is 10.6 Å². The van der Waals surface area contributed by atoms with Crippen molar-refractivity contribution in [2.45, 2.75) is 38.6 Å². The summed E-state index contributed by atoms with van der Waals surface area (Å²) in [5, 5.41) is 6.22. The van der Waals surface area contributed by atoms with E-state index < -0.39 is 0 Å². The highest BCUT2D eigenvalue weighted by molar-refractivity contribution is 5.93. The maximum atomic E-state index is 11.3. The first kappa shape index (κ1) is 12.1. The van der Waals surface area contributed by atoms with Gasteiger partial charge in [-0.3, -0.25) is 4.79 Å². The van der Waals surface area contributed by atoms with Crippen LogP contribution in [0.15, 0.2) is 18.2 Å². The summed E-state index contributed by atoms with van der Waals surface area (Å²) < 4.78 is 0. The van der Waals surface area contributed by atoms with Crippen molar-refractivity contribution < 1.29 is 4.79 Å². The van der Waals surface area contributed by atoms with Gasteiger partial charge in [0.15, 0.2) is 0 Å². The predicted molar refractivity (Wildman–Crippen MR) is 70.2 cm³/mol. The van der Waals surface area contributed by atoms with Gasteiger partial charge in [-0.25, -0.2) is 0 Å². The van der Waals surface area contributed by atoms with Crippen molar-refractivity contribution in [3.63, 3.8) is 0 Å². The van der Waals surface area contributed by atoms with Crippen molar-refractivity contribution in [1.82, 2.24) is 5.32 Å². The Labute approximate surface area is 103 Å². The topological polar surface area (TPSA) is 41.1 Å². The fraction of sp³-hybridized carbons (Fsp3) is 0.500. The molecule has 3 heteroatoms. The molecule has 1 aliphatic rings. The molecular weight excluding hydrogens is 212 g/mol. The highest BCUT2D eigenvalue weighted by Gasteiger charge is 2.18. The maximum Gasteiger partial charge on any atom is 0.224 e. The molecule has 0 atom stereocenters. The van der Waals surface area contributed by atoms with E-state index in [-0.39, 0.29) is 11.4 Å². The lowest BCUT2D eigenvalue weighted by Crippen LogP contribution is -2.38. The molecule has 1 heterocycles. The van der Waals surface area contributed by atoms with Crippen molar-refractivity contribution in [2.75, 3.05) is 12.4 Å². The van der Waals surface area contributed by atoms with Crippen LogP contribution in [0.25, 0.3) is 0 Å². The van der Waals surface area contributed by atoms with Crippen molar-refractivity contribution in [3.8, 4) is 0 Å². The molecule has 17 heavy (non-hydrogen) atoms. The summed E-state index contributed by atoms with van der Waals surface area (Å²) in [6.45, 7) is 4.38. The molecule has 0 unspecified atom stereocenters. The number of carbonyl (C=O) groups excluding carboxylic acids is 1. The lowest BCUT2D eigenvalue weighted by atomic mass is 9.92. The first-order chi connectivity index (χ1) is 8.00. The first-order valence-electron chi connectivity index (χ1n) is 6.11. The number of rotatable bonds is 3. The smallest absolute Gasteiger partial charge is 0.224 e. The van der Waals surface area contributed by atoms with E-state index >= 15 is 0 Å². The minimum atomic E-state index is 0.103. The van der Waals surface area contributed by atoms with Gasteiger partial charge in [0.2, 0.25) is 5.91 Å². The fourth-order valence-corrected chi connectivity index (χ4v) is 2.15. The van der Waals surface area contributed by atoms with E-state index in [2.05, 4.69) is 36.6 Å². The Hall–Kier alpha value is -1.35. The Balaban J connectivity index is 2.19. The van der Waals surface area contributed by atoms with E-state index in [9.17, 15) is 4.79 Å². The number of anilines is 1. The molecule has 0 radical (unpaired) electrons. The van der Waals surface area contributed by atoms with Crippen molar-refractivity contribution in [1.29, 1.82) is 0 Å². The van der Waals surface area contributed by atoms with E-state index in [1.54, 1.807) is 0 Å². The van der Waals surface area contributed by atoms with Gasteiger partial charge in [0.1, 0.15) is 0 Å². The molecule has 1 aromatic rings. The SMILES string of the molecule is CNC(C)(C)Cc1ccc2c(c1)CCC(=O)N2. The molecule has 1 amide bonds. The second-order valence-electron chi connectivity index (χ2n) is 5.35. The van der Waals surface area contributed by atoms with Gasteiger partial charge in [-0.05, 0) is 50.9 Å². The van der Waals surface area contributed by atoms with Crippen LogP contribution in [0.1, 0.15) is 31.4 Å².